The van der Waals surface area contributed by atoms with Crippen molar-refractivity contribution in [2.45, 2.75) is 18.9 Å². The van der Waals surface area contributed by atoms with Gasteiger partial charge in [0.25, 0.3) is 0 Å². The van der Waals surface area contributed by atoms with E-state index in [1.807, 2.05) is 23.1 Å². The number of carbonyl (C=O) groups excluding carboxylic acids is 1. The zero-order valence-electron chi connectivity index (χ0n) is 9.10. The Morgan fingerprint density at radius 2 is 2.38 bits per heavy atom. The summed E-state index contributed by atoms with van der Waals surface area (Å²) in [5, 5.41) is 3.35. The molecule has 0 saturated carbocycles. The van der Waals surface area contributed by atoms with E-state index in [1.54, 1.807) is 6.20 Å². The molecule has 2 unspecified atom stereocenters. The van der Waals surface area contributed by atoms with Gasteiger partial charge in [-0.1, -0.05) is 6.07 Å². The highest BCUT2D eigenvalue weighted by molar-refractivity contribution is 5.95. The molecule has 1 amide bonds. The van der Waals surface area contributed by atoms with Gasteiger partial charge < -0.3 is 5.32 Å². The van der Waals surface area contributed by atoms with E-state index in [-0.39, 0.29) is 5.91 Å². The van der Waals surface area contributed by atoms with Crippen LogP contribution in [0.1, 0.15) is 12.8 Å². The number of aromatic nitrogens is 1. The highest BCUT2D eigenvalue weighted by Crippen LogP contribution is 2.32. The number of carbonyl (C=O) groups is 1. The lowest BCUT2D eigenvalue weighted by Crippen LogP contribution is -2.47. The minimum Gasteiger partial charge on any atom is -0.315 e. The fourth-order valence-corrected chi connectivity index (χ4v) is 2.74. The Labute approximate surface area is 94.7 Å². The van der Waals surface area contributed by atoms with Crippen LogP contribution in [0, 0.1) is 5.92 Å². The number of nitrogens with zero attached hydrogens (tertiary/aromatic N) is 2. The number of hydrogen-bond donors (Lipinski definition) is 1. The number of piperidine rings is 1. The van der Waals surface area contributed by atoms with Crippen LogP contribution in [0.5, 0.6) is 0 Å². The molecule has 1 aromatic heterocycles. The lowest BCUT2D eigenvalue weighted by Gasteiger charge is -2.31. The number of amides is 1. The zero-order valence-corrected chi connectivity index (χ0v) is 9.10. The van der Waals surface area contributed by atoms with Crippen LogP contribution in [0.15, 0.2) is 24.4 Å². The van der Waals surface area contributed by atoms with E-state index in [4.69, 9.17) is 0 Å². The average Bonchev–Trinajstić information content (AvgIpc) is 2.66. The van der Waals surface area contributed by atoms with Gasteiger partial charge in [0.05, 0.1) is 6.04 Å². The third-order valence-electron chi connectivity index (χ3n) is 3.52. The highest BCUT2D eigenvalue weighted by atomic mass is 16.2. The smallest absolute Gasteiger partial charge is 0.228 e. The number of pyridine rings is 1. The van der Waals surface area contributed by atoms with Gasteiger partial charge in [-0.2, -0.15) is 0 Å². The van der Waals surface area contributed by atoms with Crippen molar-refractivity contribution in [2.75, 3.05) is 18.0 Å². The van der Waals surface area contributed by atoms with Crippen molar-refractivity contribution in [1.82, 2.24) is 10.3 Å². The first-order valence-corrected chi connectivity index (χ1v) is 5.80. The van der Waals surface area contributed by atoms with Crippen molar-refractivity contribution in [3.8, 4) is 0 Å². The molecule has 0 aromatic carbocycles. The summed E-state index contributed by atoms with van der Waals surface area (Å²) in [6.45, 7) is 1.93. The second kappa shape index (κ2) is 3.87. The molecular formula is C12H15N3O. The van der Waals surface area contributed by atoms with Crippen LogP contribution < -0.4 is 10.2 Å². The van der Waals surface area contributed by atoms with Gasteiger partial charge in [-0.05, 0) is 31.0 Å². The molecule has 84 valence electrons. The molecule has 3 rings (SSSR count). The first kappa shape index (κ1) is 9.78. The lowest BCUT2D eigenvalue weighted by atomic mass is 9.93. The summed E-state index contributed by atoms with van der Waals surface area (Å²) < 4.78 is 0. The minimum atomic E-state index is 0.220. The first-order chi connectivity index (χ1) is 7.86. The van der Waals surface area contributed by atoms with Crippen LogP contribution in [0.4, 0.5) is 5.82 Å². The fraction of sp³-hybridized carbons (Fsp3) is 0.500. The monoisotopic (exact) mass is 217 g/mol. The van der Waals surface area contributed by atoms with E-state index >= 15 is 0 Å². The third kappa shape index (κ3) is 1.50. The maximum absolute atomic E-state index is 12.0. The quantitative estimate of drug-likeness (QED) is 0.756. The van der Waals surface area contributed by atoms with Crippen molar-refractivity contribution >= 4 is 11.7 Å². The predicted octanol–water partition coefficient (Wildman–Crippen LogP) is 0.796. The Hall–Kier alpha value is -1.42. The highest BCUT2D eigenvalue weighted by Gasteiger charge is 2.41. The summed E-state index contributed by atoms with van der Waals surface area (Å²) in [6.07, 6.45) is 3.52. The van der Waals surface area contributed by atoms with Crippen molar-refractivity contribution in [1.29, 1.82) is 0 Å². The molecule has 16 heavy (non-hydrogen) atoms. The molecule has 2 atom stereocenters. The number of rotatable bonds is 1. The summed E-state index contributed by atoms with van der Waals surface area (Å²) in [6, 6.07) is 6.02. The molecule has 4 nitrogen and oxygen atoms in total. The van der Waals surface area contributed by atoms with Crippen LogP contribution in [-0.2, 0) is 4.79 Å². The van der Waals surface area contributed by atoms with E-state index in [9.17, 15) is 4.79 Å². The van der Waals surface area contributed by atoms with Crippen molar-refractivity contribution in [3.05, 3.63) is 24.4 Å². The number of anilines is 1. The number of hydrogen-bond acceptors (Lipinski definition) is 3. The normalized spacial score (nSPS) is 29.2. The lowest BCUT2D eigenvalue weighted by molar-refractivity contribution is -0.117. The number of nitrogens with one attached hydrogen (secondary N) is 1. The maximum Gasteiger partial charge on any atom is 0.228 e. The Kier molecular flexibility index (Phi) is 2.36. The van der Waals surface area contributed by atoms with E-state index in [0.717, 1.165) is 25.3 Å². The van der Waals surface area contributed by atoms with E-state index in [2.05, 4.69) is 10.3 Å². The van der Waals surface area contributed by atoms with Crippen LogP contribution in [0.2, 0.25) is 0 Å². The van der Waals surface area contributed by atoms with Gasteiger partial charge in [0.15, 0.2) is 0 Å². The topological polar surface area (TPSA) is 45.2 Å². The Balaban J connectivity index is 1.91. The summed E-state index contributed by atoms with van der Waals surface area (Å²) in [4.78, 5) is 18.2. The van der Waals surface area contributed by atoms with Gasteiger partial charge in [-0.3, -0.25) is 9.69 Å². The minimum absolute atomic E-state index is 0.220. The van der Waals surface area contributed by atoms with Gasteiger partial charge in [-0.25, -0.2) is 4.98 Å². The molecule has 4 heteroatoms. The van der Waals surface area contributed by atoms with E-state index < -0.39 is 0 Å². The average molecular weight is 217 g/mol. The van der Waals surface area contributed by atoms with Crippen LogP contribution in [0.25, 0.3) is 0 Å². The van der Waals surface area contributed by atoms with Gasteiger partial charge >= 0.3 is 0 Å². The summed E-state index contributed by atoms with van der Waals surface area (Å²) in [5.74, 6) is 1.52. The Morgan fingerprint density at radius 1 is 1.44 bits per heavy atom. The first-order valence-electron chi connectivity index (χ1n) is 5.80. The molecule has 0 bridgehead atoms. The van der Waals surface area contributed by atoms with E-state index in [1.165, 1.54) is 0 Å². The van der Waals surface area contributed by atoms with Gasteiger partial charge in [0.1, 0.15) is 5.82 Å². The standard InChI is InChI=1S/C12H15N3O/c16-12-7-9-4-6-13-8-10(9)15(12)11-3-1-2-5-14-11/h1-3,5,9-10,13H,4,6-8H2. The van der Waals surface area contributed by atoms with Gasteiger partial charge in [0.2, 0.25) is 5.91 Å². The molecule has 2 aliphatic rings. The SMILES string of the molecule is O=C1CC2CCNCC2N1c1ccccn1. The molecule has 1 aromatic rings. The Morgan fingerprint density at radius 3 is 3.19 bits per heavy atom. The van der Waals surface area contributed by atoms with Gasteiger partial charge in [0, 0.05) is 19.2 Å². The maximum atomic E-state index is 12.0. The predicted molar refractivity (Wildman–Crippen MR) is 61.1 cm³/mol. The molecule has 2 aliphatic heterocycles. The van der Waals surface area contributed by atoms with E-state index in [0.29, 0.717) is 18.4 Å². The van der Waals surface area contributed by atoms with Crippen molar-refractivity contribution in [3.63, 3.8) is 0 Å². The molecule has 0 radical (unpaired) electrons. The Bertz CT molecular complexity index is 393. The second-order valence-corrected chi connectivity index (χ2v) is 4.48. The second-order valence-electron chi connectivity index (χ2n) is 4.48. The molecule has 2 saturated heterocycles. The van der Waals surface area contributed by atoms with Crippen LogP contribution in [0.3, 0.4) is 0 Å². The molecule has 1 N–H and O–H groups in total. The van der Waals surface area contributed by atoms with Crippen molar-refractivity contribution in [2.24, 2.45) is 5.92 Å². The third-order valence-corrected chi connectivity index (χ3v) is 3.52. The van der Waals surface area contributed by atoms with Gasteiger partial charge in [-0.15, -0.1) is 0 Å². The zero-order chi connectivity index (χ0) is 11.0. The molecular weight excluding hydrogens is 202 g/mol. The molecule has 0 aliphatic carbocycles. The number of fused-ring (bicyclic) bond motifs is 1. The largest absolute Gasteiger partial charge is 0.315 e. The summed E-state index contributed by atoms with van der Waals surface area (Å²) in [7, 11) is 0. The van der Waals surface area contributed by atoms with Crippen LogP contribution in [-0.4, -0.2) is 30.0 Å². The summed E-state index contributed by atoms with van der Waals surface area (Å²) >= 11 is 0. The molecule has 2 fully saturated rings. The molecule has 0 spiro atoms. The fourth-order valence-electron chi connectivity index (χ4n) is 2.74. The van der Waals surface area contributed by atoms with Crippen LogP contribution >= 0.6 is 0 Å². The summed E-state index contributed by atoms with van der Waals surface area (Å²) in [5.41, 5.74) is 0. The molecule has 3 heterocycles. The van der Waals surface area contributed by atoms with Crippen molar-refractivity contribution < 1.29 is 4.79 Å².